The molecule has 0 spiro atoms. The number of methoxy groups -OCH3 is 1. The van der Waals surface area contributed by atoms with Gasteiger partial charge in [0.05, 0.1) is 12.6 Å². The van der Waals surface area contributed by atoms with Gasteiger partial charge in [0.2, 0.25) is 5.91 Å². The van der Waals surface area contributed by atoms with Crippen molar-refractivity contribution in [3.05, 3.63) is 96.1 Å². The normalized spacial score (nSPS) is 12.7. The van der Waals surface area contributed by atoms with Crippen LogP contribution in [0.4, 0.5) is 0 Å². The number of hydroxylamine groups is 1. The number of hydrogen-bond acceptors (Lipinski definition) is 6. The maximum atomic E-state index is 13.1. The summed E-state index contributed by atoms with van der Waals surface area (Å²) in [6, 6.07) is 25.9. The predicted molar refractivity (Wildman–Crippen MR) is 139 cm³/mol. The van der Waals surface area contributed by atoms with E-state index in [1.54, 1.807) is 17.6 Å². The first-order chi connectivity index (χ1) is 18.1. The van der Waals surface area contributed by atoms with Gasteiger partial charge in [0.25, 0.3) is 5.91 Å². The van der Waals surface area contributed by atoms with Crippen LogP contribution in [0, 0.1) is 5.92 Å². The van der Waals surface area contributed by atoms with E-state index in [1.807, 2.05) is 72.8 Å². The lowest BCUT2D eigenvalue weighted by Gasteiger charge is -2.23. The molecule has 8 heteroatoms. The highest BCUT2D eigenvalue weighted by molar-refractivity contribution is 5.95. The molecule has 4 rings (SSSR count). The van der Waals surface area contributed by atoms with Crippen molar-refractivity contribution in [3.8, 4) is 11.3 Å². The minimum absolute atomic E-state index is 0.0497. The van der Waals surface area contributed by atoms with E-state index in [4.69, 9.17) is 13.9 Å². The fourth-order valence-electron chi connectivity index (χ4n) is 4.24. The molecule has 0 aliphatic rings. The molecule has 2 unspecified atom stereocenters. The fourth-order valence-corrected chi connectivity index (χ4v) is 4.24. The molecule has 0 saturated carbocycles. The lowest BCUT2D eigenvalue weighted by Crippen LogP contribution is -2.42. The average Bonchev–Trinajstić information content (AvgIpc) is 3.37. The molecule has 4 aromatic rings. The molecule has 37 heavy (non-hydrogen) atoms. The van der Waals surface area contributed by atoms with Gasteiger partial charge in [-0.3, -0.25) is 14.8 Å². The highest BCUT2D eigenvalue weighted by Gasteiger charge is 2.25. The van der Waals surface area contributed by atoms with Gasteiger partial charge in [-0.25, -0.2) is 5.48 Å². The van der Waals surface area contributed by atoms with Gasteiger partial charge in [0, 0.05) is 29.5 Å². The monoisotopic (exact) mass is 502 g/mol. The van der Waals surface area contributed by atoms with Gasteiger partial charge in [-0.15, -0.1) is 0 Å². The first-order valence-corrected chi connectivity index (χ1v) is 12.0. The summed E-state index contributed by atoms with van der Waals surface area (Å²) in [6.07, 6.45) is 0.657. The Balaban J connectivity index is 1.46. The number of carbonyl (C=O) groups excluding carboxylic acids is 2. The summed E-state index contributed by atoms with van der Waals surface area (Å²) in [5, 5.41) is 13.3. The summed E-state index contributed by atoms with van der Waals surface area (Å²) in [4.78, 5) is 25.5. The third-order valence-corrected chi connectivity index (χ3v) is 6.09. The molecule has 0 fully saturated rings. The molecule has 3 N–H and O–H groups in total. The fraction of sp³-hybridized carbons (Fsp3) is 0.241. The summed E-state index contributed by atoms with van der Waals surface area (Å²) >= 11 is 0. The quantitative estimate of drug-likeness (QED) is 0.113. The summed E-state index contributed by atoms with van der Waals surface area (Å²) in [7, 11) is 1.51. The number of ether oxygens (including phenoxy) is 2. The number of benzene rings is 3. The SMILES string of the molecule is COCOCC(CC(Cc1ccccc1)C(=O)NO)NC(=O)c1ccc(-c2cc3ccccc3o2)cc1. The Morgan fingerprint density at radius 1 is 0.973 bits per heavy atom. The van der Waals surface area contributed by atoms with Gasteiger partial charge in [-0.05, 0) is 42.7 Å². The van der Waals surface area contributed by atoms with Crippen LogP contribution in [0.1, 0.15) is 22.3 Å². The molecule has 2 amide bonds. The van der Waals surface area contributed by atoms with E-state index in [1.165, 1.54) is 7.11 Å². The molecule has 8 nitrogen and oxygen atoms in total. The number of fused-ring (bicyclic) bond motifs is 1. The van der Waals surface area contributed by atoms with Gasteiger partial charge in [-0.1, -0.05) is 60.7 Å². The van der Waals surface area contributed by atoms with E-state index in [0.717, 1.165) is 27.9 Å². The Morgan fingerprint density at radius 2 is 1.70 bits per heavy atom. The molecule has 192 valence electrons. The maximum absolute atomic E-state index is 13.1. The van der Waals surface area contributed by atoms with E-state index in [2.05, 4.69) is 5.32 Å². The number of amides is 2. The Labute approximate surface area is 215 Å². The molecule has 2 atom stereocenters. The summed E-state index contributed by atoms with van der Waals surface area (Å²) in [5.74, 6) is -0.688. The smallest absolute Gasteiger partial charge is 0.251 e. The molecule has 1 heterocycles. The van der Waals surface area contributed by atoms with Crippen LogP contribution in [-0.2, 0) is 20.7 Å². The minimum Gasteiger partial charge on any atom is -0.456 e. The number of nitrogens with one attached hydrogen (secondary N) is 2. The molecule has 0 saturated heterocycles. The molecule has 0 aliphatic heterocycles. The Hall–Kier alpha value is -3.98. The van der Waals surface area contributed by atoms with Gasteiger partial charge in [-0.2, -0.15) is 0 Å². The van der Waals surface area contributed by atoms with Crippen molar-refractivity contribution in [2.24, 2.45) is 5.92 Å². The third-order valence-electron chi connectivity index (χ3n) is 6.09. The van der Waals surface area contributed by atoms with Crippen molar-refractivity contribution in [3.63, 3.8) is 0 Å². The van der Waals surface area contributed by atoms with Crippen LogP contribution < -0.4 is 10.8 Å². The second kappa shape index (κ2) is 12.8. The number of hydrogen-bond donors (Lipinski definition) is 3. The van der Waals surface area contributed by atoms with E-state index < -0.39 is 17.9 Å². The van der Waals surface area contributed by atoms with Crippen molar-refractivity contribution >= 4 is 22.8 Å². The summed E-state index contributed by atoms with van der Waals surface area (Å²) in [5.41, 5.74) is 4.81. The van der Waals surface area contributed by atoms with Crippen LogP contribution in [0.3, 0.4) is 0 Å². The van der Waals surface area contributed by atoms with E-state index in [0.29, 0.717) is 12.0 Å². The predicted octanol–water partition coefficient (Wildman–Crippen LogP) is 4.57. The largest absolute Gasteiger partial charge is 0.456 e. The number of rotatable bonds is 12. The van der Waals surface area contributed by atoms with E-state index in [9.17, 15) is 14.8 Å². The number of furan rings is 1. The average molecular weight is 503 g/mol. The second-order valence-electron chi connectivity index (χ2n) is 8.77. The first kappa shape index (κ1) is 26.1. The minimum atomic E-state index is -0.584. The highest BCUT2D eigenvalue weighted by Crippen LogP contribution is 2.28. The zero-order chi connectivity index (χ0) is 26.0. The van der Waals surface area contributed by atoms with Crippen LogP contribution in [0.2, 0.25) is 0 Å². The summed E-state index contributed by atoms with van der Waals surface area (Å²) < 4.78 is 16.4. The van der Waals surface area contributed by atoms with Crippen LogP contribution in [0.15, 0.2) is 89.3 Å². The first-order valence-electron chi connectivity index (χ1n) is 12.0. The van der Waals surface area contributed by atoms with Gasteiger partial charge < -0.3 is 19.2 Å². The van der Waals surface area contributed by atoms with Crippen molar-refractivity contribution < 1.29 is 28.7 Å². The van der Waals surface area contributed by atoms with Gasteiger partial charge in [0.1, 0.15) is 18.1 Å². The molecule has 3 aromatic carbocycles. The second-order valence-corrected chi connectivity index (χ2v) is 8.77. The van der Waals surface area contributed by atoms with Gasteiger partial charge >= 0.3 is 0 Å². The molecule has 0 bridgehead atoms. The van der Waals surface area contributed by atoms with Crippen LogP contribution in [0.5, 0.6) is 0 Å². The van der Waals surface area contributed by atoms with Crippen molar-refractivity contribution in [1.82, 2.24) is 10.8 Å². The van der Waals surface area contributed by atoms with Crippen LogP contribution in [0.25, 0.3) is 22.3 Å². The molecule has 0 radical (unpaired) electrons. The molecule has 0 aliphatic carbocycles. The Morgan fingerprint density at radius 3 is 2.41 bits per heavy atom. The summed E-state index contributed by atoms with van der Waals surface area (Å²) in [6.45, 7) is 0.189. The number of para-hydroxylation sites is 1. The highest BCUT2D eigenvalue weighted by atomic mass is 16.7. The van der Waals surface area contributed by atoms with Crippen molar-refractivity contribution in [1.29, 1.82) is 0 Å². The Kier molecular flexibility index (Phi) is 9.04. The van der Waals surface area contributed by atoms with Crippen LogP contribution in [-0.4, -0.2) is 43.6 Å². The topological polar surface area (TPSA) is 110 Å². The molecule has 1 aromatic heterocycles. The zero-order valence-electron chi connectivity index (χ0n) is 20.6. The standard InChI is InChI=1S/C29H30N2O6/c1-35-19-36-18-25(16-24(29(33)31-34)15-20-7-3-2-4-8-20)30-28(32)22-13-11-21(12-14-22)27-17-23-9-5-6-10-26(23)37-27/h2-14,17,24-25,34H,15-16,18-19H2,1H3,(H,30,32)(H,31,33). The maximum Gasteiger partial charge on any atom is 0.251 e. The zero-order valence-corrected chi connectivity index (χ0v) is 20.6. The van der Waals surface area contributed by atoms with E-state index in [-0.39, 0.29) is 25.7 Å². The van der Waals surface area contributed by atoms with E-state index >= 15 is 0 Å². The number of carbonyl (C=O) groups is 2. The van der Waals surface area contributed by atoms with Crippen molar-refractivity contribution in [2.75, 3.05) is 20.5 Å². The van der Waals surface area contributed by atoms with Gasteiger partial charge in [0.15, 0.2) is 0 Å². The third kappa shape index (κ3) is 7.04. The lowest BCUT2D eigenvalue weighted by molar-refractivity contribution is -0.134. The molecular formula is C29H30N2O6. The van der Waals surface area contributed by atoms with Crippen LogP contribution >= 0.6 is 0 Å². The molecular weight excluding hydrogens is 472 g/mol. The Bertz CT molecular complexity index is 1270. The van der Waals surface area contributed by atoms with Crippen molar-refractivity contribution in [2.45, 2.75) is 18.9 Å². The lowest BCUT2D eigenvalue weighted by atomic mass is 9.92.